The number of anilines is 1. The van der Waals surface area contributed by atoms with Crippen LogP contribution in [0.1, 0.15) is 33.3 Å². The summed E-state index contributed by atoms with van der Waals surface area (Å²) in [5.41, 5.74) is -0.142. The topological polar surface area (TPSA) is 108 Å². The van der Waals surface area contributed by atoms with Crippen LogP contribution in [0.25, 0.3) is 10.8 Å². The number of nitro benzene ring substituents is 1. The highest BCUT2D eigenvalue weighted by Gasteiger charge is 2.23. The number of nitrogens with zero attached hydrogens (tertiary/aromatic N) is 1. The number of amides is 1. The molecule has 0 aliphatic heterocycles. The van der Waals surface area contributed by atoms with Gasteiger partial charge in [0.05, 0.1) is 17.2 Å². The molecule has 0 saturated heterocycles. The molecule has 2 rings (SSSR count). The SMILES string of the molecule is CC(=O)OCCc1c([N+](=O)[O-])cc(NC(=O)OC(C)(C)C)c2ccccc12. The molecule has 0 aliphatic rings. The molecule has 0 atom stereocenters. The predicted octanol–water partition coefficient (Wildman–Crippen LogP) is 4.20. The second-order valence-corrected chi connectivity index (χ2v) is 6.94. The number of esters is 1. The Hall–Kier alpha value is -3.16. The zero-order valence-corrected chi connectivity index (χ0v) is 15.7. The van der Waals surface area contributed by atoms with Crippen molar-refractivity contribution in [3.8, 4) is 0 Å². The Morgan fingerprint density at radius 2 is 1.81 bits per heavy atom. The maximum Gasteiger partial charge on any atom is 0.412 e. The average molecular weight is 374 g/mol. The molecule has 0 heterocycles. The van der Waals surface area contributed by atoms with Gasteiger partial charge in [-0.15, -0.1) is 0 Å². The third kappa shape index (κ3) is 5.40. The van der Waals surface area contributed by atoms with Crippen LogP contribution in [0.3, 0.4) is 0 Å². The van der Waals surface area contributed by atoms with Crippen molar-refractivity contribution < 1.29 is 24.0 Å². The van der Waals surface area contributed by atoms with Crippen molar-refractivity contribution in [2.24, 2.45) is 0 Å². The first-order chi connectivity index (χ1) is 12.6. The summed E-state index contributed by atoms with van der Waals surface area (Å²) >= 11 is 0. The van der Waals surface area contributed by atoms with E-state index in [0.29, 0.717) is 16.3 Å². The lowest BCUT2D eigenvalue weighted by Gasteiger charge is -2.20. The molecule has 0 saturated carbocycles. The fourth-order valence-electron chi connectivity index (χ4n) is 2.66. The number of rotatable bonds is 5. The number of hydrogen-bond donors (Lipinski definition) is 1. The molecule has 8 nitrogen and oxygen atoms in total. The maximum atomic E-state index is 12.1. The number of fused-ring (bicyclic) bond motifs is 1. The van der Waals surface area contributed by atoms with Crippen molar-refractivity contribution >= 4 is 34.2 Å². The van der Waals surface area contributed by atoms with E-state index in [1.54, 1.807) is 45.0 Å². The Morgan fingerprint density at radius 1 is 1.19 bits per heavy atom. The van der Waals surface area contributed by atoms with Crippen LogP contribution in [0.2, 0.25) is 0 Å². The van der Waals surface area contributed by atoms with Gasteiger partial charge in [0, 0.05) is 30.4 Å². The zero-order chi connectivity index (χ0) is 20.2. The van der Waals surface area contributed by atoms with Crippen molar-refractivity contribution in [1.82, 2.24) is 0 Å². The summed E-state index contributed by atoms with van der Waals surface area (Å²) < 4.78 is 10.2. The van der Waals surface area contributed by atoms with Gasteiger partial charge in [-0.3, -0.25) is 20.2 Å². The monoisotopic (exact) mass is 374 g/mol. The summed E-state index contributed by atoms with van der Waals surface area (Å²) in [4.78, 5) is 34.2. The molecule has 0 aliphatic carbocycles. The van der Waals surface area contributed by atoms with Crippen LogP contribution in [-0.4, -0.2) is 29.2 Å². The van der Waals surface area contributed by atoms with E-state index in [9.17, 15) is 19.7 Å². The lowest BCUT2D eigenvalue weighted by Crippen LogP contribution is -2.27. The minimum absolute atomic E-state index is 0.0268. The van der Waals surface area contributed by atoms with Gasteiger partial charge in [0.2, 0.25) is 0 Å². The third-order valence-electron chi connectivity index (χ3n) is 3.62. The molecule has 0 aromatic heterocycles. The molecule has 8 heteroatoms. The molecule has 0 radical (unpaired) electrons. The number of carbonyl (C=O) groups excluding carboxylic acids is 2. The quantitative estimate of drug-likeness (QED) is 0.477. The first-order valence-electron chi connectivity index (χ1n) is 8.41. The van der Waals surface area contributed by atoms with Crippen molar-refractivity contribution in [2.45, 2.75) is 39.7 Å². The average Bonchev–Trinajstić information content (AvgIpc) is 2.54. The molecule has 27 heavy (non-hydrogen) atoms. The van der Waals surface area contributed by atoms with E-state index in [0.717, 1.165) is 0 Å². The van der Waals surface area contributed by atoms with E-state index in [1.807, 2.05) is 0 Å². The highest BCUT2D eigenvalue weighted by atomic mass is 16.6. The van der Waals surface area contributed by atoms with Gasteiger partial charge in [0.15, 0.2) is 0 Å². The second kappa shape index (κ2) is 8.03. The molecule has 2 aromatic carbocycles. The summed E-state index contributed by atoms with van der Waals surface area (Å²) in [7, 11) is 0. The lowest BCUT2D eigenvalue weighted by atomic mass is 9.98. The molecule has 0 bridgehead atoms. The smallest absolute Gasteiger partial charge is 0.412 e. The van der Waals surface area contributed by atoms with Crippen molar-refractivity contribution in [3.05, 3.63) is 46.0 Å². The number of benzene rings is 2. The van der Waals surface area contributed by atoms with Gasteiger partial charge in [-0.05, 0) is 26.2 Å². The Bertz CT molecular complexity index is 886. The first kappa shape index (κ1) is 20.2. The highest BCUT2D eigenvalue weighted by Crippen LogP contribution is 2.35. The van der Waals surface area contributed by atoms with Crippen LogP contribution in [0, 0.1) is 10.1 Å². The van der Waals surface area contributed by atoms with E-state index in [2.05, 4.69) is 5.32 Å². The van der Waals surface area contributed by atoms with Crippen molar-refractivity contribution in [1.29, 1.82) is 0 Å². The number of nitro groups is 1. The van der Waals surface area contributed by atoms with E-state index in [-0.39, 0.29) is 24.4 Å². The van der Waals surface area contributed by atoms with Crippen LogP contribution in [0.15, 0.2) is 30.3 Å². The molecule has 144 valence electrons. The minimum atomic E-state index is -0.699. The molecule has 0 unspecified atom stereocenters. The maximum absolute atomic E-state index is 12.1. The Morgan fingerprint density at radius 3 is 2.37 bits per heavy atom. The van der Waals surface area contributed by atoms with Crippen LogP contribution >= 0.6 is 0 Å². The van der Waals surface area contributed by atoms with Gasteiger partial charge in [0.1, 0.15) is 5.60 Å². The number of ether oxygens (including phenoxy) is 2. The summed E-state index contributed by atoms with van der Waals surface area (Å²) in [6.07, 6.45) is -0.516. The van der Waals surface area contributed by atoms with Crippen molar-refractivity contribution in [3.63, 3.8) is 0 Å². The van der Waals surface area contributed by atoms with Crippen LogP contribution in [0.5, 0.6) is 0 Å². The minimum Gasteiger partial charge on any atom is -0.466 e. The Kier molecular flexibility index (Phi) is 5.99. The van der Waals surface area contributed by atoms with Gasteiger partial charge in [-0.1, -0.05) is 24.3 Å². The largest absolute Gasteiger partial charge is 0.466 e. The van der Waals surface area contributed by atoms with Crippen LogP contribution < -0.4 is 5.32 Å². The van der Waals surface area contributed by atoms with Gasteiger partial charge >= 0.3 is 12.1 Å². The highest BCUT2D eigenvalue weighted by molar-refractivity contribution is 6.03. The fraction of sp³-hybridized carbons (Fsp3) is 0.368. The van der Waals surface area contributed by atoms with Crippen LogP contribution in [0.4, 0.5) is 16.2 Å². The number of hydrogen-bond acceptors (Lipinski definition) is 6. The molecule has 0 fully saturated rings. The Balaban J connectivity index is 2.49. The second-order valence-electron chi connectivity index (χ2n) is 6.94. The summed E-state index contributed by atoms with van der Waals surface area (Å²) in [5, 5.41) is 15.4. The summed E-state index contributed by atoms with van der Waals surface area (Å²) in [6, 6.07) is 8.30. The van der Waals surface area contributed by atoms with Gasteiger partial charge < -0.3 is 9.47 Å². The fourth-order valence-corrected chi connectivity index (χ4v) is 2.66. The van der Waals surface area contributed by atoms with E-state index in [4.69, 9.17) is 9.47 Å². The number of carbonyl (C=O) groups is 2. The standard InChI is InChI=1S/C19H22N2O6/c1-12(22)26-10-9-15-13-7-5-6-8-14(13)16(11-17(15)21(24)25)20-18(23)27-19(2,3)4/h5-8,11H,9-10H2,1-4H3,(H,20,23). The molecular weight excluding hydrogens is 352 g/mol. The summed E-state index contributed by atoms with van der Waals surface area (Å²) in [5.74, 6) is -0.454. The van der Waals surface area contributed by atoms with Crippen LogP contribution in [-0.2, 0) is 20.7 Å². The predicted molar refractivity (Wildman–Crippen MR) is 101 cm³/mol. The van der Waals surface area contributed by atoms with Crippen molar-refractivity contribution in [2.75, 3.05) is 11.9 Å². The van der Waals surface area contributed by atoms with E-state index < -0.39 is 22.6 Å². The normalized spacial score (nSPS) is 11.1. The third-order valence-corrected chi connectivity index (χ3v) is 3.62. The van der Waals surface area contributed by atoms with E-state index in [1.165, 1.54) is 13.0 Å². The molecule has 2 aromatic rings. The number of nitrogens with one attached hydrogen (secondary N) is 1. The molecular formula is C19H22N2O6. The lowest BCUT2D eigenvalue weighted by molar-refractivity contribution is -0.385. The molecule has 1 amide bonds. The van der Waals surface area contributed by atoms with Gasteiger partial charge in [-0.2, -0.15) is 0 Å². The van der Waals surface area contributed by atoms with Gasteiger partial charge in [-0.25, -0.2) is 4.79 Å². The van der Waals surface area contributed by atoms with E-state index >= 15 is 0 Å². The van der Waals surface area contributed by atoms with Gasteiger partial charge in [0.25, 0.3) is 5.69 Å². The zero-order valence-electron chi connectivity index (χ0n) is 15.7. The molecule has 1 N–H and O–H groups in total. The Labute approximate surface area is 156 Å². The summed E-state index contributed by atoms with van der Waals surface area (Å²) in [6.45, 7) is 6.49. The first-order valence-corrected chi connectivity index (χ1v) is 8.41. The molecule has 0 spiro atoms.